The Bertz CT molecular complexity index is 1060. The van der Waals surface area contributed by atoms with Crippen LogP contribution in [0.3, 0.4) is 0 Å². The zero-order valence-corrected chi connectivity index (χ0v) is 17.1. The first-order valence-electron chi connectivity index (χ1n) is 10.8. The Hall–Kier alpha value is -2.11. The highest BCUT2D eigenvalue weighted by molar-refractivity contribution is 5.73. The van der Waals surface area contributed by atoms with E-state index in [1.165, 1.54) is 10.9 Å². The Labute approximate surface area is 179 Å². The van der Waals surface area contributed by atoms with Crippen LogP contribution in [0.4, 0.5) is 26.3 Å². The second kappa shape index (κ2) is 7.19. The van der Waals surface area contributed by atoms with E-state index in [0.29, 0.717) is 24.3 Å². The van der Waals surface area contributed by atoms with Gasteiger partial charge in [0.1, 0.15) is 11.2 Å². The molecule has 32 heavy (non-hydrogen) atoms. The lowest BCUT2D eigenvalue weighted by molar-refractivity contribution is -0.172. The van der Waals surface area contributed by atoms with E-state index in [0.717, 1.165) is 4.90 Å². The van der Waals surface area contributed by atoms with E-state index in [9.17, 15) is 31.1 Å². The molecule has 1 aliphatic heterocycles. The van der Waals surface area contributed by atoms with Gasteiger partial charge in [-0.05, 0) is 31.6 Å². The summed E-state index contributed by atoms with van der Waals surface area (Å²) in [6.07, 6.45) is 2.58. The number of alkyl halides is 6. The summed E-state index contributed by atoms with van der Waals surface area (Å²) in [6, 6.07) is -0.291. The number of nitrogens with one attached hydrogen (secondary N) is 1. The van der Waals surface area contributed by atoms with E-state index in [1.54, 1.807) is 0 Å². The van der Waals surface area contributed by atoms with Gasteiger partial charge >= 0.3 is 11.8 Å². The summed E-state index contributed by atoms with van der Waals surface area (Å²) < 4.78 is 82.7. The number of hydrogen-bond acceptors (Lipinski definition) is 4. The van der Waals surface area contributed by atoms with E-state index in [-0.39, 0.29) is 55.5 Å². The van der Waals surface area contributed by atoms with Crippen LogP contribution in [0.5, 0.6) is 0 Å². The number of fused-ring (bicyclic) bond motifs is 1. The van der Waals surface area contributed by atoms with Gasteiger partial charge in [-0.1, -0.05) is 0 Å². The topological polar surface area (TPSA) is 66.8 Å². The first-order chi connectivity index (χ1) is 15.0. The molecule has 2 atom stereocenters. The number of rotatable bonds is 4. The van der Waals surface area contributed by atoms with Gasteiger partial charge in [-0.2, -0.15) is 22.7 Å². The number of hydrogen-bond donors (Lipinski definition) is 1. The van der Waals surface area contributed by atoms with Crippen molar-refractivity contribution in [3.8, 4) is 0 Å². The maximum absolute atomic E-state index is 13.5. The Morgan fingerprint density at radius 2 is 1.66 bits per heavy atom. The number of nitrogens with zero attached hydrogens (tertiary/aromatic N) is 4. The molecule has 0 aromatic carbocycles. The number of aromatic amines is 1. The van der Waals surface area contributed by atoms with Crippen molar-refractivity contribution in [1.29, 1.82) is 0 Å². The Kier molecular flexibility index (Phi) is 4.88. The highest BCUT2D eigenvalue weighted by Crippen LogP contribution is 2.46. The average molecular weight is 463 g/mol. The van der Waals surface area contributed by atoms with Crippen LogP contribution in [0.15, 0.2) is 11.0 Å². The lowest BCUT2D eigenvalue weighted by atomic mass is 9.73. The van der Waals surface area contributed by atoms with Crippen molar-refractivity contribution >= 4 is 11.0 Å². The molecular weight excluding hydrogens is 440 g/mol. The molecule has 0 bridgehead atoms. The van der Waals surface area contributed by atoms with Gasteiger partial charge in [0.25, 0.3) is 5.56 Å². The van der Waals surface area contributed by atoms with Crippen LogP contribution in [0, 0.1) is 5.92 Å². The molecule has 2 saturated carbocycles. The molecule has 5 rings (SSSR count). The van der Waals surface area contributed by atoms with Gasteiger partial charge in [-0.3, -0.25) is 9.69 Å². The molecule has 1 saturated heterocycles. The lowest BCUT2D eigenvalue weighted by Gasteiger charge is -2.38. The molecule has 6 nitrogen and oxygen atoms in total. The minimum atomic E-state index is -4.05. The molecule has 0 spiro atoms. The van der Waals surface area contributed by atoms with Crippen molar-refractivity contribution in [2.45, 2.75) is 68.3 Å². The summed E-state index contributed by atoms with van der Waals surface area (Å²) >= 11 is 0. The predicted octanol–water partition coefficient (Wildman–Crippen LogP) is 3.95. The van der Waals surface area contributed by atoms with Gasteiger partial charge in [0.15, 0.2) is 5.65 Å². The highest BCUT2D eigenvalue weighted by Gasteiger charge is 2.63. The first-order valence-corrected chi connectivity index (χ1v) is 10.8. The molecule has 1 N–H and O–H groups in total. The van der Waals surface area contributed by atoms with E-state index >= 15 is 0 Å². The average Bonchev–Trinajstić information content (AvgIpc) is 3.17. The summed E-state index contributed by atoms with van der Waals surface area (Å²) in [4.78, 5) is 20.9. The van der Waals surface area contributed by atoms with Crippen LogP contribution >= 0.6 is 0 Å². The zero-order valence-electron chi connectivity index (χ0n) is 17.1. The van der Waals surface area contributed by atoms with Crippen LogP contribution < -0.4 is 5.56 Å². The first kappa shape index (κ1) is 21.7. The quantitative estimate of drug-likeness (QED) is 0.698. The molecule has 3 aliphatic rings. The molecule has 0 amide bonds. The second-order valence-corrected chi connectivity index (χ2v) is 9.39. The molecule has 0 radical (unpaired) electrons. The minimum Gasteiger partial charge on any atom is -0.310 e. The fourth-order valence-electron chi connectivity index (χ4n) is 5.12. The van der Waals surface area contributed by atoms with Crippen LogP contribution in [-0.4, -0.2) is 62.1 Å². The third kappa shape index (κ3) is 3.60. The van der Waals surface area contributed by atoms with Gasteiger partial charge < -0.3 is 4.98 Å². The highest BCUT2D eigenvalue weighted by atomic mass is 19.3. The van der Waals surface area contributed by atoms with Crippen molar-refractivity contribution in [1.82, 2.24) is 24.6 Å². The maximum atomic E-state index is 13.5. The van der Waals surface area contributed by atoms with Gasteiger partial charge in [0.05, 0.1) is 25.3 Å². The third-order valence-corrected chi connectivity index (χ3v) is 7.16. The van der Waals surface area contributed by atoms with Crippen molar-refractivity contribution in [2.24, 2.45) is 5.92 Å². The van der Waals surface area contributed by atoms with Crippen molar-refractivity contribution in [2.75, 3.05) is 19.6 Å². The van der Waals surface area contributed by atoms with Crippen molar-refractivity contribution in [3.05, 3.63) is 22.4 Å². The standard InChI is InChI=1S/C20H23F6N5O/c21-18(22)5-3-12(4-6-18)31-16-14(7-27-31)17(32)29-15(28-16)13-2-1-11(13)8-30-9-19(23,24)20(25,26)10-30/h7,11-13H,1-6,8-10H2,(H,28,29,32)/t11?,13-/m1/s1. The molecule has 12 heteroatoms. The van der Waals surface area contributed by atoms with E-state index in [4.69, 9.17) is 0 Å². The Balaban J connectivity index is 1.36. The van der Waals surface area contributed by atoms with Gasteiger partial charge in [0.2, 0.25) is 5.92 Å². The molecule has 2 aromatic heterocycles. The maximum Gasteiger partial charge on any atom is 0.323 e. The van der Waals surface area contributed by atoms with Gasteiger partial charge in [-0.25, -0.2) is 18.4 Å². The monoisotopic (exact) mass is 463 g/mol. The van der Waals surface area contributed by atoms with Crippen molar-refractivity contribution in [3.63, 3.8) is 0 Å². The summed E-state index contributed by atoms with van der Waals surface area (Å²) in [5.41, 5.74) is -0.105. The number of halogens is 6. The molecule has 2 aliphatic carbocycles. The number of likely N-dealkylation sites (tertiary alicyclic amines) is 1. The third-order valence-electron chi connectivity index (χ3n) is 7.16. The zero-order chi connectivity index (χ0) is 22.9. The largest absolute Gasteiger partial charge is 0.323 e. The number of H-pyrrole nitrogens is 1. The van der Waals surface area contributed by atoms with E-state index in [2.05, 4.69) is 15.1 Å². The second-order valence-electron chi connectivity index (χ2n) is 9.39. The minimum absolute atomic E-state index is 0.0641. The normalized spacial score (nSPS) is 29.9. The fraction of sp³-hybridized carbons (Fsp3) is 0.750. The van der Waals surface area contributed by atoms with E-state index < -0.39 is 36.4 Å². The smallest absolute Gasteiger partial charge is 0.310 e. The SMILES string of the molecule is O=c1[nH]c([C@@H]2CCC2CN2CC(F)(F)C(F)(F)C2)nc2c1cnn2C1CCC(F)(F)CC1. The predicted molar refractivity (Wildman–Crippen MR) is 102 cm³/mol. The molecule has 2 aromatic rings. The van der Waals surface area contributed by atoms with Crippen LogP contribution in [0.1, 0.15) is 56.3 Å². The van der Waals surface area contributed by atoms with Gasteiger partial charge in [0, 0.05) is 25.3 Å². The number of aromatic nitrogens is 4. The fourth-order valence-corrected chi connectivity index (χ4v) is 5.12. The molecule has 3 fully saturated rings. The lowest BCUT2D eigenvalue weighted by Crippen LogP contribution is -2.38. The van der Waals surface area contributed by atoms with Crippen LogP contribution in [0.25, 0.3) is 11.0 Å². The van der Waals surface area contributed by atoms with Crippen LogP contribution in [0.2, 0.25) is 0 Å². The Morgan fingerprint density at radius 3 is 2.25 bits per heavy atom. The Morgan fingerprint density at radius 1 is 1.00 bits per heavy atom. The van der Waals surface area contributed by atoms with Gasteiger partial charge in [-0.15, -0.1) is 0 Å². The molecule has 3 heterocycles. The van der Waals surface area contributed by atoms with Crippen molar-refractivity contribution < 1.29 is 26.3 Å². The molecular formula is C20H23F6N5O. The summed E-state index contributed by atoms with van der Waals surface area (Å²) in [5.74, 6) is -10.9. The molecule has 176 valence electrons. The molecule has 1 unspecified atom stereocenters. The van der Waals surface area contributed by atoms with E-state index in [1.807, 2.05) is 0 Å². The van der Waals surface area contributed by atoms with Crippen LogP contribution in [-0.2, 0) is 0 Å². The summed E-state index contributed by atoms with van der Waals surface area (Å²) in [6.45, 7) is -1.93. The summed E-state index contributed by atoms with van der Waals surface area (Å²) in [7, 11) is 0. The summed E-state index contributed by atoms with van der Waals surface area (Å²) in [5, 5.41) is 4.47.